The first-order valence-corrected chi connectivity index (χ1v) is 16.8. The Bertz CT molecular complexity index is 1380. The lowest BCUT2D eigenvalue weighted by Gasteiger charge is -2.35. The molecule has 2 aliphatic rings. The molecule has 0 spiro atoms. The SMILES string of the molecule is CC(CN(C)C)CN1c2ccccc2Sc2ccccc21.CCCC=CC=CC1CC(O)C(O)C(=O)C1C=O.O=C(O)C(O)C(O)C(=O)O. The minimum absolute atomic E-state index is 0.231. The number of anilines is 2. The Balaban J connectivity index is 0.000000272. The van der Waals surface area contributed by atoms with Crippen LogP contribution < -0.4 is 4.90 Å². The highest BCUT2D eigenvalue weighted by molar-refractivity contribution is 7.99. The number of allylic oxidation sites excluding steroid dienone is 4. The number of unbranched alkanes of at least 4 members (excludes halogenated alkanes) is 1. The number of carbonyl (C=O) groups is 4. The number of ketones is 1. The van der Waals surface area contributed by atoms with Crippen LogP contribution >= 0.6 is 11.8 Å². The summed E-state index contributed by atoms with van der Waals surface area (Å²) >= 11 is 1.88. The number of carboxylic acids is 2. The van der Waals surface area contributed by atoms with Crippen molar-refractivity contribution in [2.75, 3.05) is 32.1 Å². The summed E-state index contributed by atoms with van der Waals surface area (Å²) in [7, 11) is 4.29. The zero-order valence-electron chi connectivity index (χ0n) is 28.2. The zero-order valence-corrected chi connectivity index (χ0v) is 29.0. The molecule has 1 heterocycles. The minimum Gasteiger partial charge on any atom is -0.479 e. The van der Waals surface area contributed by atoms with Crippen LogP contribution in [0.4, 0.5) is 11.4 Å². The van der Waals surface area contributed by atoms with E-state index in [4.69, 9.17) is 20.4 Å². The summed E-state index contributed by atoms with van der Waals surface area (Å²) in [6.07, 6.45) is 3.19. The molecule has 0 saturated heterocycles. The molecule has 49 heavy (non-hydrogen) atoms. The van der Waals surface area contributed by atoms with E-state index in [0.29, 0.717) is 12.2 Å². The molecular formula is C36H48N2O10S. The monoisotopic (exact) mass is 700 g/mol. The molecule has 2 aromatic carbocycles. The molecule has 1 saturated carbocycles. The van der Waals surface area contributed by atoms with Crippen LogP contribution in [0.2, 0.25) is 0 Å². The van der Waals surface area contributed by atoms with E-state index in [9.17, 15) is 29.4 Å². The van der Waals surface area contributed by atoms with Crippen LogP contribution in [-0.4, -0.2) is 111 Å². The van der Waals surface area contributed by atoms with Crippen LogP contribution in [-0.2, 0) is 19.2 Å². The van der Waals surface area contributed by atoms with Crippen molar-refractivity contribution < 1.29 is 49.8 Å². The fourth-order valence-electron chi connectivity index (χ4n) is 5.31. The fraction of sp³-hybridized carbons (Fsp3) is 0.444. The summed E-state index contributed by atoms with van der Waals surface area (Å²) in [4.78, 5) is 49.5. The van der Waals surface area contributed by atoms with Gasteiger partial charge in [-0.25, -0.2) is 9.59 Å². The van der Waals surface area contributed by atoms with Crippen molar-refractivity contribution in [3.63, 3.8) is 0 Å². The fourth-order valence-corrected chi connectivity index (χ4v) is 6.40. The number of carboxylic acid groups (broad SMARTS) is 2. The first-order valence-electron chi connectivity index (χ1n) is 16.0. The molecule has 2 aromatic rings. The van der Waals surface area contributed by atoms with Crippen molar-refractivity contribution in [3.8, 4) is 0 Å². The number of aliphatic carboxylic acids is 2. The molecule has 1 aliphatic heterocycles. The average Bonchev–Trinajstić information content (AvgIpc) is 3.06. The number of carbonyl (C=O) groups excluding carboxylic acids is 2. The number of nitrogens with zero attached hydrogens (tertiary/aromatic N) is 2. The summed E-state index contributed by atoms with van der Waals surface area (Å²) in [5, 5.41) is 51.5. The van der Waals surface area contributed by atoms with E-state index in [1.54, 1.807) is 12.2 Å². The standard InChI is InChI=1S/C18H22N2S.C14H20O4.C4H6O6/c1-14(12-19(2)3)13-20-15-8-4-6-10-17(15)21-18-11-7-5-9-16(18)20;1-2-3-4-5-6-7-10-8-12(16)14(18)13(17)11(10)9-15;5-1(3(7)8)2(6)4(9)10/h4-11,14H,12-13H2,1-3H3;4-7,9-12,14,16,18H,2-3,8H2,1H3;1-2,5-6H,(H,7,8)(H,9,10). The summed E-state index contributed by atoms with van der Waals surface area (Å²) < 4.78 is 0. The van der Waals surface area contributed by atoms with Crippen LogP contribution in [0.25, 0.3) is 0 Å². The van der Waals surface area contributed by atoms with Gasteiger partial charge in [-0.15, -0.1) is 0 Å². The lowest BCUT2D eigenvalue weighted by molar-refractivity contribution is -0.165. The van der Waals surface area contributed by atoms with E-state index in [0.717, 1.165) is 25.9 Å². The number of aliphatic hydroxyl groups is 4. The molecule has 7 unspecified atom stereocenters. The molecule has 4 rings (SSSR count). The molecule has 1 aliphatic carbocycles. The van der Waals surface area contributed by atoms with E-state index < -0.39 is 48.1 Å². The smallest absolute Gasteiger partial charge is 0.335 e. The Labute approximate surface area is 291 Å². The van der Waals surface area contributed by atoms with Crippen molar-refractivity contribution in [3.05, 3.63) is 72.8 Å². The predicted octanol–water partition coefficient (Wildman–Crippen LogP) is 3.39. The maximum Gasteiger partial charge on any atom is 0.335 e. The molecule has 6 N–H and O–H groups in total. The number of benzene rings is 2. The van der Waals surface area contributed by atoms with Crippen molar-refractivity contribution in [2.24, 2.45) is 17.8 Å². The summed E-state index contributed by atoms with van der Waals surface area (Å²) in [6.45, 7) is 6.56. The van der Waals surface area contributed by atoms with Gasteiger partial charge >= 0.3 is 11.9 Å². The number of rotatable bonds is 12. The predicted molar refractivity (Wildman–Crippen MR) is 187 cm³/mol. The van der Waals surface area contributed by atoms with Crippen LogP contribution in [0.5, 0.6) is 0 Å². The van der Waals surface area contributed by atoms with Gasteiger partial charge in [0.05, 0.1) is 23.4 Å². The normalized spacial score (nSPS) is 21.8. The van der Waals surface area contributed by atoms with Crippen LogP contribution in [0.1, 0.15) is 33.1 Å². The van der Waals surface area contributed by atoms with E-state index in [1.807, 2.05) is 23.9 Å². The quantitative estimate of drug-likeness (QED) is 0.107. The molecular weight excluding hydrogens is 652 g/mol. The highest BCUT2D eigenvalue weighted by Crippen LogP contribution is 2.48. The second-order valence-corrected chi connectivity index (χ2v) is 13.2. The molecule has 0 amide bonds. The second-order valence-electron chi connectivity index (χ2n) is 12.2. The van der Waals surface area contributed by atoms with Gasteiger partial charge in [0.25, 0.3) is 0 Å². The molecule has 0 radical (unpaired) electrons. The number of aldehydes is 1. The van der Waals surface area contributed by atoms with Crippen LogP contribution in [0, 0.1) is 17.8 Å². The van der Waals surface area contributed by atoms with Crippen molar-refractivity contribution in [1.29, 1.82) is 0 Å². The minimum atomic E-state index is -2.27. The van der Waals surface area contributed by atoms with Crippen LogP contribution in [0.15, 0.2) is 82.6 Å². The van der Waals surface area contributed by atoms with Gasteiger partial charge in [-0.05, 0) is 63.0 Å². The number of Topliss-reactive ketones (excluding diaryl/α,β-unsaturated/α-hetero) is 1. The topological polar surface area (TPSA) is 196 Å². The van der Waals surface area contributed by atoms with Gasteiger partial charge in [-0.1, -0.05) is 80.6 Å². The number of hydrogen-bond acceptors (Lipinski definition) is 11. The van der Waals surface area contributed by atoms with E-state index in [-0.39, 0.29) is 12.3 Å². The maximum atomic E-state index is 11.6. The molecule has 1 fully saturated rings. The largest absolute Gasteiger partial charge is 0.479 e. The summed E-state index contributed by atoms with van der Waals surface area (Å²) in [5.41, 5.74) is 2.68. The van der Waals surface area contributed by atoms with Gasteiger partial charge in [0.1, 0.15) is 12.4 Å². The Morgan fingerprint density at radius 3 is 1.96 bits per heavy atom. The van der Waals surface area contributed by atoms with Gasteiger partial charge in [0, 0.05) is 22.9 Å². The van der Waals surface area contributed by atoms with Crippen molar-refractivity contribution >= 4 is 47.1 Å². The van der Waals surface area contributed by atoms with E-state index >= 15 is 0 Å². The van der Waals surface area contributed by atoms with Gasteiger partial charge < -0.3 is 45.2 Å². The van der Waals surface area contributed by atoms with Gasteiger partial charge in [0.15, 0.2) is 18.0 Å². The van der Waals surface area contributed by atoms with Crippen molar-refractivity contribution in [2.45, 2.75) is 67.3 Å². The number of fused-ring (bicyclic) bond motifs is 2. The van der Waals surface area contributed by atoms with E-state index in [2.05, 4.69) is 86.3 Å². The number of para-hydroxylation sites is 2. The Kier molecular flexibility index (Phi) is 17.4. The zero-order chi connectivity index (χ0) is 36.7. The Morgan fingerprint density at radius 2 is 1.49 bits per heavy atom. The maximum absolute atomic E-state index is 11.6. The first-order chi connectivity index (χ1) is 23.2. The molecule has 268 valence electrons. The molecule has 13 heteroatoms. The van der Waals surface area contributed by atoms with Gasteiger partial charge in [-0.3, -0.25) is 4.79 Å². The summed E-state index contributed by atoms with van der Waals surface area (Å²) in [6, 6.07) is 17.4. The number of aliphatic hydroxyl groups excluding tert-OH is 4. The molecule has 0 aromatic heterocycles. The van der Waals surface area contributed by atoms with Gasteiger partial charge in [-0.2, -0.15) is 0 Å². The Morgan fingerprint density at radius 1 is 0.959 bits per heavy atom. The highest BCUT2D eigenvalue weighted by atomic mass is 32.2. The Hall–Kier alpha value is -3.85. The third-order valence-corrected chi connectivity index (χ3v) is 8.81. The highest BCUT2D eigenvalue weighted by Gasteiger charge is 2.41. The lowest BCUT2D eigenvalue weighted by Crippen LogP contribution is -2.47. The van der Waals surface area contributed by atoms with Crippen LogP contribution in [0.3, 0.4) is 0 Å². The molecule has 12 nitrogen and oxygen atoms in total. The number of hydrogen-bond donors (Lipinski definition) is 6. The molecule has 0 bridgehead atoms. The van der Waals surface area contributed by atoms with E-state index in [1.165, 1.54) is 21.2 Å². The van der Waals surface area contributed by atoms with Gasteiger partial charge in [0.2, 0.25) is 0 Å². The lowest BCUT2D eigenvalue weighted by atomic mass is 9.76. The summed E-state index contributed by atoms with van der Waals surface area (Å²) in [5.74, 6) is -4.69. The van der Waals surface area contributed by atoms with Crippen molar-refractivity contribution in [1.82, 2.24) is 4.90 Å². The average molecular weight is 701 g/mol. The first kappa shape index (κ1) is 41.3. The third-order valence-electron chi connectivity index (χ3n) is 7.68. The second kappa shape index (κ2) is 20.6. The molecule has 7 atom stereocenters. The third kappa shape index (κ3) is 12.5.